The Morgan fingerprint density at radius 2 is 1.87 bits per heavy atom. The summed E-state index contributed by atoms with van der Waals surface area (Å²) in [6.07, 6.45) is 3.49. The number of fused-ring (bicyclic) bond motifs is 1. The average Bonchev–Trinajstić information content (AvgIpc) is 3.53. The van der Waals surface area contributed by atoms with Crippen LogP contribution in [0.5, 0.6) is 0 Å². The Labute approximate surface area is 222 Å². The summed E-state index contributed by atoms with van der Waals surface area (Å²) in [4.78, 5) is 31.6. The monoisotopic (exact) mass is 521 g/mol. The molecule has 1 aliphatic heterocycles. The number of amides is 1. The summed E-state index contributed by atoms with van der Waals surface area (Å²) >= 11 is 0. The van der Waals surface area contributed by atoms with Gasteiger partial charge >= 0.3 is 5.97 Å². The molecule has 2 heterocycles. The molecule has 0 radical (unpaired) electrons. The van der Waals surface area contributed by atoms with Gasteiger partial charge in [-0.25, -0.2) is 0 Å². The third-order valence-electron chi connectivity index (χ3n) is 7.62. The summed E-state index contributed by atoms with van der Waals surface area (Å²) in [6, 6.07) is 14.0. The topological polar surface area (TPSA) is 103 Å². The van der Waals surface area contributed by atoms with Crippen molar-refractivity contribution < 1.29 is 28.2 Å². The Bertz CT molecular complexity index is 1280. The molecule has 9 nitrogen and oxygen atoms in total. The quantitative estimate of drug-likeness (QED) is 0.424. The second-order valence-electron chi connectivity index (χ2n) is 10.2. The molecule has 9 heteroatoms. The summed E-state index contributed by atoms with van der Waals surface area (Å²) in [7, 11) is 3.09. The first-order chi connectivity index (χ1) is 18.4. The van der Waals surface area contributed by atoms with Gasteiger partial charge in [0.05, 0.1) is 31.7 Å². The fraction of sp³-hybridized carbons (Fsp3) is 0.483. The highest BCUT2D eigenvalue weighted by molar-refractivity contribution is 5.82. The lowest BCUT2D eigenvalue weighted by molar-refractivity contribution is -0.152. The number of likely N-dealkylation sites (tertiary alicyclic amines) is 1. The highest BCUT2D eigenvalue weighted by atomic mass is 16.5. The second kappa shape index (κ2) is 11.5. The highest BCUT2D eigenvalue weighted by Crippen LogP contribution is 2.32. The number of para-hydroxylation sites is 1. The van der Waals surface area contributed by atoms with E-state index in [2.05, 4.69) is 10.3 Å². The number of oxazole rings is 1. The van der Waals surface area contributed by atoms with Gasteiger partial charge in [0.1, 0.15) is 11.7 Å². The van der Waals surface area contributed by atoms with Gasteiger partial charge in [0.2, 0.25) is 5.91 Å². The maximum Gasteiger partial charge on any atom is 0.308 e. The fourth-order valence-electron chi connectivity index (χ4n) is 5.39. The van der Waals surface area contributed by atoms with Gasteiger partial charge in [-0.3, -0.25) is 9.59 Å². The third-order valence-corrected chi connectivity index (χ3v) is 7.62. The van der Waals surface area contributed by atoms with Gasteiger partial charge in [-0.2, -0.15) is 4.98 Å². The second-order valence-corrected chi connectivity index (χ2v) is 10.2. The number of methoxy groups -OCH3 is 2. The van der Waals surface area contributed by atoms with E-state index in [0.29, 0.717) is 24.6 Å². The van der Waals surface area contributed by atoms with Crippen LogP contribution in [0.1, 0.15) is 43.2 Å². The molecule has 2 aliphatic rings. The van der Waals surface area contributed by atoms with Gasteiger partial charge in [-0.15, -0.1) is 0 Å². The van der Waals surface area contributed by atoms with Crippen LogP contribution in [0.25, 0.3) is 11.1 Å². The van der Waals surface area contributed by atoms with E-state index in [4.69, 9.17) is 18.6 Å². The van der Waals surface area contributed by atoms with E-state index in [0.717, 1.165) is 48.0 Å². The summed E-state index contributed by atoms with van der Waals surface area (Å²) in [5, 5.41) is 3.23. The van der Waals surface area contributed by atoms with Crippen LogP contribution in [0.2, 0.25) is 0 Å². The molecule has 1 aliphatic carbocycles. The van der Waals surface area contributed by atoms with Crippen molar-refractivity contribution in [3.8, 4) is 0 Å². The number of ether oxygens (including phenoxy) is 3. The van der Waals surface area contributed by atoms with Gasteiger partial charge in [0, 0.05) is 25.8 Å². The van der Waals surface area contributed by atoms with Crippen LogP contribution < -0.4 is 5.32 Å². The van der Waals surface area contributed by atoms with E-state index < -0.39 is 0 Å². The first-order valence-electron chi connectivity index (χ1n) is 13.2. The lowest BCUT2D eigenvalue weighted by Crippen LogP contribution is -2.41. The molecule has 2 aromatic carbocycles. The zero-order valence-electron chi connectivity index (χ0n) is 22.1. The van der Waals surface area contributed by atoms with Crippen LogP contribution in [-0.2, 0) is 30.2 Å². The van der Waals surface area contributed by atoms with Gasteiger partial charge in [-0.1, -0.05) is 24.3 Å². The molecule has 2 fully saturated rings. The Balaban J connectivity index is 1.23. The molecule has 1 aromatic heterocycles. The number of benzene rings is 2. The maximum absolute atomic E-state index is 13.4. The summed E-state index contributed by atoms with van der Waals surface area (Å²) < 4.78 is 22.8. The fourth-order valence-corrected chi connectivity index (χ4v) is 5.39. The summed E-state index contributed by atoms with van der Waals surface area (Å²) in [5.74, 6) is -0.233. The van der Waals surface area contributed by atoms with Crippen LogP contribution in [0, 0.1) is 12.8 Å². The van der Waals surface area contributed by atoms with Crippen LogP contribution in [0.15, 0.2) is 46.9 Å². The van der Waals surface area contributed by atoms with Crippen LogP contribution >= 0.6 is 0 Å². The molecule has 38 heavy (non-hydrogen) atoms. The van der Waals surface area contributed by atoms with Crippen molar-refractivity contribution >= 4 is 34.7 Å². The van der Waals surface area contributed by atoms with Crippen molar-refractivity contribution in [3.05, 3.63) is 53.6 Å². The zero-order chi connectivity index (χ0) is 26.6. The van der Waals surface area contributed by atoms with E-state index >= 15 is 0 Å². The average molecular weight is 522 g/mol. The highest BCUT2D eigenvalue weighted by Gasteiger charge is 2.38. The predicted molar refractivity (Wildman–Crippen MR) is 142 cm³/mol. The first-order valence-corrected chi connectivity index (χ1v) is 13.2. The van der Waals surface area contributed by atoms with Crippen molar-refractivity contribution in [3.63, 3.8) is 0 Å². The number of carbonyl (C=O) groups excluding carboxylic acids is 2. The molecule has 2 atom stereocenters. The van der Waals surface area contributed by atoms with Gasteiger partial charge in [-0.05, 0) is 61.9 Å². The van der Waals surface area contributed by atoms with Gasteiger partial charge < -0.3 is 28.8 Å². The van der Waals surface area contributed by atoms with Crippen LogP contribution in [-0.4, -0.2) is 61.0 Å². The largest absolute Gasteiger partial charge is 0.469 e. The Kier molecular flexibility index (Phi) is 7.95. The molecule has 1 N–H and O–H groups in total. The lowest BCUT2D eigenvalue weighted by Gasteiger charge is -2.32. The van der Waals surface area contributed by atoms with Crippen molar-refractivity contribution in [2.45, 2.75) is 63.9 Å². The number of hydrogen-bond donors (Lipinski definition) is 1. The van der Waals surface area contributed by atoms with Crippen LogP contribution in [0.3, 0.4) is 0 Å². The number of aromatic nitrogens is 1. The number of esters is 1. The maximum atomic E-state index is 13.4. The van der Waals surface area contributed by atoms with Gasteiger partial charge in [0.25, 0.3) is 6.01 Å². The molecule has 0 bridgehead atoms. The van der Waals surface area contributed by atoms with E-state index in [-0.39, 0.29) is 42.7 Å². The number of nitrogens with one attached hydrogen (secondary N) is 1. The number of rotatable bonds is 8. The van der Waals surface area contributed by atoms with E-state index in [1.165, 1.54) is 7.11 Å². The molecular formula is C29H35N3O6. The summed E-state index contributed by atoms with van der Waals surface area (Å²) in [5.41, 5.74) is 4.22. The predicted octanol–water partition coefficient (Wildman–Crippen LogP) is 4.74. The minimum atomic E-state index is -0.342. The summed E-state index contributed by atoms with van der Waals surface area (Å²) in [6.45, 7) is 2.51. The lowest BCUT2D eigenvalue weighted by atomic mass is 9.87. The van der Waals surface area contributed by atoms with Crippen molar-refractivity contribution in [2.24, 2.45) is 5.92 Å². The molecule has 1 saturated heterocycles. The van der Waals surface area contributed by atoms with Crippen molar-refractivity contribution in [2.75, 3.05) is 26.1 Å². The Morgan fingerprint density at radius 1 is 1.08 bits per heavy atom. The standard InChI is InChI=1S/C29H35N3O6/c1-18-6-4-5-7-23(18)30-29-31-24-13-8-19(14-25(24)38-29)15-26(33)32-17-22(35-2)16-27(32)37-21-11-9-20(10-12-21)28(34)36-3/h4-8,13-14,20-22,27H,9-12,15-17H2,1-3H3,(H,30,31)/t20?,21?,22-,27+/m0/s1. The number of aryl methyl sites for hydroxylation is 1. The molecule has 0 spiro atoms. The minimum absolute atomic E-state index is 0.0107. The first kappa shape index (κ1) is 26.2. The Hall–Kier alpha value is -3.43. The van der Waals surface area contributed by atoms with Crippen molar-refractivity contribution in [1.29, 1.82) is 0 Å². The molecule has 5 rings (SSSR count). The molecule has 1 saturated carbocycles. The van der Waals surface area contributed by atoms with Gasteiger partial charge in [0.15, 0.2) is 5.58 Å². The number of anilines is 2. The molecular weight excluding hydrogens is 486 g/mol. The smallest absolute Gasteiger partial charge is 0.308 e. The van der Waals surface area contributed by atoms with Crippen molar-refractivity contribution in [1.82, 2.24) is 9.88 Å². The van der Waals surface area contributed by atoms with E-state index in [9.17, 15) is 9.59 Å². The Morgan fingerprint density at radius 3 is 2.61 bits per heavy atom. The molecule has 3 aromatic rings. The third kappa shape index (κ3) is 5.84. The number of carbonyl (C=O) groups is 2. The SMILES string of the molecule is COC(=O)C1CCC(O[C@@H]2C[C@H](OC)CN2C(=O)Cc2ccc3nc(Nc4ccccc4C)oc3c2)CC1. The number of hydrogen-bond acceptors (Lipinski definition) is 8. The molecule has 1 amide bonds. The van der Waals surface area contributed by atoms with E-state index in [1.54, 1.807) is 12.0 Å². The normalized spacial score (nSPS) is 23.5. The molecule has 0 unspecified atom stereocenters. The van der Waals surface area contributed by atoms with E-state index in [1.807, 2.05) is 49.4 Å². The molecule has 202 valence electrons. The zero-order valence-corrected chi connectivity index (χ0v) is 22.1. The minimum Gasteiger partial charge on any atom is -0.469 e. The number of nitrogens with zero attached hydrogens (tertiary/aromatic N) is 2. The van der Waals surface area contributed by atoms with Crippen LogP contribution in [0.4, 0.5) is 11.7 Å².